The monoisotopic (exact) mass is 354 g/mol. The number of methoxy groups -OCH3 is 1. The van der Waals surface area contributed by atoms with E-state index in [1.165, 1.54) is 5.69 Å². The fourth-order valence-electron chi connectivity index (χ4n) is 3.40. The first-order valence-electron chi connectivity index (χ1n) is 8.80. The lowest BCUT2D eigenvalue weighted by atomic mass is 10.1. The lowest BCUT2D eigenvalue weighted by Gasteiger charge is -2.19. The lowest BCUT2D eigenvalue weighted by molar-refractivity contribution is 0.0948. The third-order valence-electron chi connectivity index (χ3n) is 4.91. The van der Waals surface area contributed by atoms with E-state index in [0.717, 1.165) is 25.3 Å². The van der Waals surface area contributed by atoms with Crippen LogP contribution in [0.1, 0.15) is 16.8 Å². The zero-order chi connectivity index (χ0) is 17.9. The number of hydrogen-bond acceptors (Lipinski definition) is 5. The molecule has 0 spiro atoms. The highest BCUT2D eigenvalue weighted by molar-refractivity contribution is 5.94. The van der Waals surface area contributed by atoms with E-state index in [1.807, 2.05) is 12.1 Å². The van der Waals surface area contributed by atoms with Gasteiger partial charge in [-0.1, -0.05) is 0 Å². The summed E-state index contributed by atoms with van der Waals surface area (Å²) in [6.07, 6.45) is 1.06. The number of ether oxygens (including phenoxy) is 3. The molecule has 26 heavy (non-hydrogen) atoms. The summed E-state index contributed by atoms with van der Waals surface area (Å²) in [5, 5.41) is 3.04. The number of amides is 1. The highest BCUT2D eigenvalue weighted by atomic mass is 16.7. The number of nitrogens with one attached hydrogen (secondary N) is 1. The Morgan fingerprint density at radius 1 is 1.19 bits per heavy atom. The van der Waals surface area contributed by atoms with Gasteiger partial charge in [0.05, 0.1) is 7.11 Å². The van der Waals surface area contributed by atoms with Gasteiger partial charge in [-0.25, -0.2) is 0 Å². The normalized spacial score (nSPS) is 18.0. The molecule has 0 radical (unpaired) electrons. The van der Waals surface area contributed by atoms with Gasteiger partial charge in [-0.05, 0) is 54.8 Å². The maximum Gasteiger partial charge on any atom is 0.251 e. The topological polar surface area (TPSA) is 60.0 Å². The summed E-state index contributed by atoms with van der Waals surface area (Å²) in [6, 6.07) is 13.4. The Labute approximate surface area is 152 Å². The van der Waals surface area contributed by atoms with Gasteiger partial charge in [0, 0.05) is 30.9 Å². The standard InChI is InChI=1S/C20H22N2O4/c1-24-17-5-3-16(4-6-17)22-9-8-14(12-22)11-21-20(23)15-2-7-18-19(10-15)26-13-25-18/h2-7,10,14H,8-9,11-13H2,1H3,(H,21,23). The highest BCUT2D eigenvalue weighted by Crippen LogP contribution is 2.32. The van der Waals surface area contributed by atoms with Crippen LogP contribution in [0.15, 0.2) is 42.5 Å². The first kappa shape index (κ1) is 16.6. The van der Waals surface area contributed by atoms with Crippen molar-refractivity contribution < 1.29 is 19.0 Å². The van der Waals surface area contributed by atoms with E-state index in [2.05, 4.69) is 22.3 Å². The molecule has 0 aromatic heterocycles. The number of carbonyl (C=O) groups is 1. The van der Waals surface area contributed by atoms with Gasteiger partial charge >= 0.3 is 0 Å². The molecule has 0 saturated carbocycles. The van der Waals surface area contributed by atoms with E-state index < -0.39 is 0 Å². The largest absolute Gasteiger partial charge is 0.497 e. The SMILES string of the molecule is COc1ccc(N2CCC(CNC(=O)c3ccc4c(c3)OCO4)C2)cc1. The number of fused-ring (bicyclic) bond motifs is 1. The van der Waals surface area contributed by atoms with Crippen molar-refractivity contribution in [3.8, 4) is 17.2 Å². The van der Waals surface area contributed by atoms with E-state index in [0.29, 0.717) is 29.5 Å². The molecule has 6 heteroatoms. The van der Waals surface area contributed by atoms with Gasteiger partial charge < -0.3 is 24.4 Å². The minimum atomic E-state index is -0.0776. The Balaban J connectivity index is 1.30. The minimum Gasteiger partial charge on any atom is -0.497 e. The fourth-order valence-corrected chi connectivity index (χ4v) is 3.40. The van der Waals surface area contributed by atoms with Crippen LogP contribution in [-0.4, -0.2) is 39.4 Å². The summed E-state index contributed by atoms with van der Waals surface area (Å²) < 4.78 is 15.8. The van der Waals surface area contributed by atoms with Crippen LogP contribution in [0, 0.1) is 5.92 Å². The van der Waals surface area contributed by atoms with Gasteiger partial charge in [0.2, 0.25) is 6.79 Å². The predicted molar refractivity (Wildman–Crippen MR) is 98.2 cm³/mol. The average Bonchev–Trinajstić information content (AvgIpc) is 3.35. The van der Waals surface area contributed by atoms with Crippen LogP contribution in [0.5, 0.6) is 17.2 Å². The number of anilines is 1. The first-order valence-corrected chi connectivity index (χ1v) is 8.80. The number of nitrogens with zero attached hydrogens (tertiary/aromatic N) is 1. The quantitative estimate of drug-likeness (QED) is 0.895. The zero-order valence-corrected chi connectivity index (χ0v) is 14.7. The average molecular weight is 354 g/mol. The summed E-state index contributed by atoms with van der Waals surface area (Å²) >= 11 is 0. The lowest BCUT2D eigenvalue weighted by Crippen LogP contribution is -2.31. The molecule has 4 rings (SSSR count). The Kier molecular flexibility index (Phi) is 4.56. The molecule has 6 nitrogen and oxygen atoms in total. The molecule has 2 aliphatic rings. The minimum absolute atomic E-state index is 0.0776. The van der Waals surface area contributed by atoms with E-state index in [4.69, 9.17) is 14.2 Å². The zero-order valence-electron chi connectivity index (χ0n) is 14.7. The molecule has 136 valence electrons. The predicted octanol–water partition coefficient (Wildman–Crippen LogP) is 2.68. The fraction of sp³-hybridized carbons (Fsp3) is 0.350. The van der Waals surface area contributed by atoms with Crippen LogP contribution < -0.4 is 24.4 Å². The Bertz CT molecular complexity index is 791. The molecule has 0 bridgehead atoms. The molecule has 1 saturated heterocycles. The third kappa shape index (κ3) is 3.40. The summed E-state index contributed by atoms with van der Waals surface area (Å²) in [6.45, 7) is 2.81. The van der Waals surface area contributed by atoms with Crippen molar-refractivity contribution in [1.82, 2.24) is 5.32 Å². The maximum absolute atomic E-state index is 12.4. The molecule has 1 N–H and O–H groups in total. The van der Waals surface area contributed by atoms with Crippen molar-refractivity contribution in [3.63, 3.8) is 0 Å². The van der Waals surface area contributed by atoms with Gasteiger partial charge in [0.25, 0.3) is 5.91 Å². The van der Waals surface area contributed by atoms with E-state index >= 15 is 0 Å². The molecule has 1 amide bonds. The van der Waals surface area contributed by atoms with Gasteiger partial charge in [-0.3, -0.25) is 4.79 Å². The second-order valence-electron chi connectivity index (χ2n) is 6.58. The summed E-state index contributed by atoms with van der Waals surface area (Å²) in [7, 11) is 1.67. The number of hydrogen-bond donors (Lipinski definition) is 1. The molecule has 1 fully saturated rings. The van der Waals surface area contributed by atoms with Crippen LogP contribution in [0.4, 0.5) is 5.69 Å². The summed E-state index contributed by atoms with van der Waals surface area (Å²) in [5.74, 6) is 2.54. The van der Waals surface area contributed by atoms with Crippen molar-refractivity contribution in [2.75, 3.05) is 38.4 Å². The smallest absolute Gasteiger partial charge is 0.251 e. The van der Waals surface area contributed by atoms with Gasteiger partial charge in [-0.15, -0.1) is 0 Å². The summed E-state index contributed by atoms with van der Waals surface area (Å²) in [5.41, 5.74) is 1.79. The molecular formula is C20H22N2O4. The van der Waals surface area contributed by atoms with Crippen LogP contribution in [0.3, 0.4) is 0 Å². The molecular weight excluding hydrogens is 332 g/mol. The summed E-state index contributed by atoms with van der Waals surface area (Å²) in [4.78, 5) is 14.7. The number of rotatable bonds is 5. The van der Waals surface area contributed by atoms with Gasteiger partial charge in [-0.2, -0.15) is 0 Å². The van der Waals surface area contributed by atoms with E-state index in [-0.39, 0.29) is 12.7 Å². The number of benzene rings is 2. The van der Waals surface area contributed by atoms with Crippen LogP contribution >= 0.6 is 0 Å². The Morgan fingerprint density at radius 3 is 2.81 bits per heavy atom. The van der Waals surface area contributed by atoms with Crippen molar-refractivity contribution in [3.05, 3.63) is 48.0 Å². The molecule has 2 aromatic carbocycles. The molecule has 1 atom stereocenters. The number of carbonyl (C=O) groups excluding carboxylic acids is 1. The third-order valence-corrected chi connectivity index (χ3v) is 4.91. The maximum atomic E-state index is 12.4. The van der Waals surface area contributed by atoms with Crippen molar-refractivity contribution in [1.29, 1.82) is 0 Å². The first-order chi connectivity index (χ1) is 12.7. The van der Waals surface area contributed by atoms with Gasteiger partial charge in [0.1, 0.15) is 5.75 Å². The molecule has 2 heterocycles. The molecule has 2 aromatic rings. The van der Waals surface area contributed by atoms with Crippen LogP contribution in [-0.2, 0) is 0 Å². The second-order valence-corrected chi connectivity index (χ2v) is 6.58. The molecule has 1 unspecified atom stereocenters. The van der Waals surface area contributed by atoms with Gasteiger partial charge in [0.15, 0.2) is 11.5 Å². The van der Waals surface area contributed by atoms with Crippen molar-refractivity contribution >= 4 is 11.6 Å². The highest BCUT2D eigenvalue weighted by Gasteiger charge is 2.24. The molecule has 2 aliphatic heterocycles. The van der Waals surface area contributed by atoms with E-state index in [9.17, 15) is 4.79 Å². The van der Waals surface area contributed by atoms with Crippen molar-refractivity contribution in [2.24, 2.45) is 5.92 Å². The Morgan fingerprint density at radius 2 is 2.00 bits per heavy atom. The Hall–Kier alpha value is -2.89. The van der Waals surface area contributed by atoms with Crippen LogP contribution in [0.25, 0.3) is 0 Å². The van der Waals surface area contributed by atoms with E-state index in [1.54, 1.807) is 25.3 Å². The second kappa shape index (κ2) is 7.15. The van der Waals surface area contributed by atoms with Crippen LogP contribution in [0.2, 0.25) is 0 Å². The van der Waals surface area contributed by atoms with Crippen molar-refractivity contribution in [2.45, 2.75) is 6.42 Å². The molecule has 0 aliphatic carbocycles.